The van der Waals surface area contributed by atoms with Gasteiger partial charge in [-0.25, -0.2) is 4.79 Å². The molecule has 0 N–H and O–H groups in total. The van der Waals surface area contributed by atoms with Gasteiger partial charge in [0.2, 0.25) is 0 Å². The first-order valence-electron chi connectivity index (χ1n) is 8.81. The van der Waals surface area contributed by atoms with Crippen LogP contribution >= 0.6 is 0 Å². The van der Waals surface area contributed by atoms with Gasteiger partial charge in [0.1, 0.15) is 0 Å². The maximum atomic E-state index is 12.3. The van der Waals surface area contributed by atoms with Crippen LogP contribution in [0.3, 0.4) is 0 Å². The molecular weight excluding hydrogens is 290 g/mol. The van der Waals surface area contributed by atoms with Crippen molar-refractivity contribution in [2.45, 2.75) is 65.2 Å². The van der Waals surface area contributed by atoms with Crippen LogP contribution in [-0.2, 0) is 6.42 Å². The molecule has 4 nitrogen and oxygen atoms in total. The second-order valence-corrected chi connectivity index (χ2v) is 5.94. The number of fused-ring (bicyclic) bond motifs is 1. The molecule has 0 atom stereocenters. The summed E-state index contributed by atoms with van der Waals surface area (Å²) in [6.07, 6.45) is 8.84. The third-order valence-corrected chi connectivity index (χ3v) is 4.00. The van der Waals surface area contributed by atoms with E-state index in [-0.39, 0.29) is 11.7 Å². The number of hydrogen-bond acceptors (Lipinski definition) is 4. The highest BCUT2D eigenvalue weighted by Crippen LogP contribution is 2.19. The van der Waals surface area contributed by atoms with E-state index in [1.807, 2.05) is 18.2 Å². The highest BCUT2D eigenvalue weighted by molar-refractivity contribution is 5.80. The van der Waals surface area contributed by atoms with E-state index >= 15 is 0 Å². The zero-order chi connectivity index (χ0) is 16.5. The summed E-state index contributed by atoms with van der Waals surface area (Å²) in [5, 5.41) is 0.602. The molecule has 0 aliphatic rings. The summed E-state index contributed by atoms with van der Waals surface area (Å²) >= 11 is 0. The Morgan fingerprint density at radius 3 is 2.61 bits per heavy atom. The summed E-state index contributed by atoms with van der Waals surface area (Å²) < 4.78 is 10.7. The lowest BCUT2D eigenvalue weighted by Gasteiger charge is -2.07. The lowest BCUT2D eigenvalue weighted by Crippen LogP contribution is -2.08. The van der Waals surface area contributed by atoms with Gasteiger partial charge >= 0.3 is 11.7 Å². The normalized spacial score (nSPS) is 11.0. The Morgan fingerprint density at radius 1 is 1.04 bits per heavy atom. The smallest absolute Gasteiger partial charge is 0.397 e. The molecule has 2 rings (SSSR count). The molecule has 1 aromatic carbocycles. The summed E-state index contributed by atoms with van der Waals surface area (Å²) in [5.74, 6) is 0. The lowest BCUT2D eigenvalue weighted by atomic mass is 10.0. The third-order valence-electron chi connectivity index (χ3n) is 4.00. The van der Waals surface area contributed by atoms with Crippen LogP contribution in [0.2, 0.25) is 0 Å². The number of hydrogen-bond donors (Lipinski definition) is 0. The minimum absolute atomic E-state index is 0.0849. The first kappa shape index (κ1) is 17.5. The number of nitrogens with zero attached hydrogens (tertiary/aromatic N) is 1. The standard InChI is InChI=1S/C19H27NO3/c1-3-5-7-8-11-15-12-10-13-16-17(15)18(21)23-19(20-16)22-14-9-6-4-2/h10,12-13H,3-9,11,14H2,1-2H3. The van der Waals surface area contributed by atoms with Gasteiger partial charge in [0.15, 0.2) is 0 Å². The van der Waals surface area contributed by atoms with Crippen LogP contribution < -0.4 is 10.4 Å². The van der Waals surface area contributed by atoms with Gasteiger partial charge in [-0.1, -0.05) is 58.1 Å². The van der Waals surface area contributed by atoms with Crippen molar-refractivity contribution in [1.29, 1.82) is 0 Å². The lowest BCUT2D eigenvalue weighted by molar-refractivity contribution is 0.212. The molecule has 126 valence electrons. The van der Waals surface area contributed by atoms with Crippen molar-refractivity contribution in [2.24, 2.45) is 0 Å². The Morgan fingerprint density at radius 2 is 1.83 bits per heavy atom. The van der Waals surface area contributed by atoms with Crippen molar-refractivity contribution < 1.29 is 9.15 Å². The molecule has 0 amide bonds. The van der Waals surface area contributed by atoms with E-state index in [2.05, 4.69) is 18.8 Å². The second-order valence-electron chi connectivity index (χ2n) is 5.94. The Balaban J connectivity index is 2.13. The topological polar surface area (TPSA) is 52.3 Å². The van der Waals surface area contributed by atoms with Crippen molar-refractivity contribution in [3.63, 3.8) is 0 Å². The molecule has 1 aromatic heterocycles. The van der Waals surface area contributed by atoms with Crippen molar-refractivity contribution in [1.82, 2.24) is 4.98 Å². The summed E-state index contributed by atoms with van der Waals surface area (Å²) in [6.45, 7) is 4.86. The van der Waals surface area contributed by atoms with Gasteiger partial charge in [-0.3, -0.25) is 0 Å². The van der Waals surface area contributed by atoms with E-state index in [9.17, 15) is 4.79 Å². The molecule has 0 saturated carbocycles. The number of rotatable bonds is 10. The minimum Gasteiger partial charge on any atom is -0.450 e. The highest BCUT2D eigenvalue weighted by atomic mass is 16.6. The molecule has 0 bridgehead atoms. The number of unbranched alkanes of at least 4 members (excludes halogenated alkanes) is 5. The predicted octanol–water partition coefficient (Wildman–Crippen LogP) is 4.88. The zero-order valence-corrected chi connectivity index (χ0v) is 14.3. The highest BCUT2D eigenvalue weighted by Gasteiger charge is 2.11. The molecule has 0 radical (unpaired) electrons. The Labute approximate surface area is 137 Å². The van der Waals surface area contributed by atoms with Crippen molar-refractivity contribution in [3.05, 3.63) is 34.2 Å². The van der Waals surface area contributed by atoms with E-state index in [4.69, 9.17) is 9.15 Å². The molecule has 0 aliphatic heterocycles. The monoisotopic (exact) mass is 317 g/mol. The summed E-state index contributed by atoms with van der Waals surface area (Å²) in [6, 6.07) is 5.79. The van der Waals surface area contributed by atoms with Gasteiger partial charge in [-0.05, 0) is 30.9 Å². The Bertz CT molecular complexity index is 663. The molecule has 2 aromatic rings. The SMILES string of the molecule is CCCCCCc1cccc2nc(OCCCCC)oc(=O)c12. The van der Waals surface area contributed by atoms with Crippen molar-refractivity contribution in [3.8, 4) is 6.08 Å². The summed E-state index contributed by atoms with van der Waals surface area (Å²) in [7, 11) is 0. The van der Waals surface area contributed by atoms with Crippen LogP contribution in [0.5, 0.6) is 6.08 Å². The fraction of sp³-hybridized carbons (Fsp3) is 0.579. The minimum atomic E-state index is -0.341. The molecule has 0 aliphatic carbocycles. The van der Waals surface area contributed by atoms with Gasteiger partial charge in [-0.15, -0.1) is 0 Å². The average molecular weight is 317 g/mol. The van der Waals surface area contributed by atoms with Crippen LogP contribution in [0.25, 0.3) is 10.9 Å². The largest absolute Gasteiger partial charge is 0.450 e. The van der Waals surface area contributed by atoms with Gasteiger partial charge < -0.3 is 9.15 Å². The van der Waals surface area contributed by atoms with Crippen LogP contribution in [0.4, 0.5) is 0 Å². The fourth-order valence-corrected chi connectivity index (χ4v) is 2.69. The summed E-state index contributed by atoms with van der Waals surface area (Å²) in [4.78, 5) is 16.7. The predicted molar refractivity (Wildman–Crippen MR) is 93.1 cm³/mol. The molecule has 0 fully saturated rings. The average Bonchev–Trinajstić information content (AvgIpc) is 2.55. The molecule has 0 saturated heterocycles. The second kappa shape index (κ2) is 9.33. The van der Waals surface area contributed by atoms with E-state index in [1.54, 1.807) is 0 Å². The number of benzene rings is 1. The van der Waals surface area contributed by atoms with Crippen LogP contribution in [0.1, 0.15) is 64.4 Å². The van der Waals surface area contributed by atoms with Crippen molar-refractivity contribution in [2.75, 3.05) is 6.61 Å². The zero-order valence-electron chi connectivity index (χ0n) is 14.3. The maximum absolute atomic E-state index is 12.3. The first-order chi connectivity index (χ1) is 11.3. The van der Waals surface area contributed by atoms with Crippen LogP contribution in [-0.4, -0.2) is 11.6 Å². The van der Waals surface area contributed by atoms with E-state index in [1.165, 1.54) is 19.3 Å². The van der Waals surface area contributed by atoms with Crippen LogP contribution in [0, 0.1) is 0 Å². The molecule has 0 unspecified atom stereocenters. The van der Waals surface area contributed by atoms with Gasteiger partial charge in [0, 0.05) is 0 Å². The molecule has 4 heteroatoms. The van der Waals surface area contributed by atoms with Gasteiger partial charge in [-0.2, -0.15) is 4.98 Å². The number of aromatic nitrogens is 1. The molecular formula is C19H27NO3. The quantitative estimate of drug-likeness (QED) is 0.586. The Kier molecular flexibility index (Phi) is 7.11. The first-order valence-corrected chi connectivity index (χ1v) is 8.81. The van der Waals surface area contributed by atoms with Gasteiger partial charge in [0.05, 0.1) is 17.5 Å². The van der Waals surface area contributed by atoms with E-state index in [0.29, 0.717) is 17.5 Å². The number of ether oxygens (including phenoxy) is 1. The van der Waals surface area contributed by atoms with E-state index in [0.717, 1.165) is 37.7 Å². The Hall–Kier alpha value is -1.84. The molecule has 1 heterocycles. The molecule has 0 spiro atoms. The van der Waals surface area contributed by atoms with Crippen LogP contribution in [0.15, 0.2) is 27.4 Å². The third kappa shape index (κ3) is 5.08. The number of aryl methyl sites for hydroxylation is 1. The molecule has 23 heavy (non-hydrogen) atoms. The van der Waals surface area contributed by atoms with E-state index < -0.39 is 0 Å². The van der Waals surface area contributed by atoms with Crippen molar-refractivity contribution >= 4 is 10.9 Å². The maximum Gasteiger partial charge on any atom is 0.397 e. The fourth-order valence-electron chi connectivity index (χ4n) is 2.69. The summed E-state index contributed by atoms with van der Waals surface area (Å²) in [5.41, 5.74) is 1.35. The van der Waals surface area contributed by atoms with Gasteiger partial charge in [0.25, 0.3) is 0 Å².